The van der Waals surface area contributed by atoms with Gasteiger partial charge in [0, 0.05) is 45.3 Å². The fraction of sp³-hybridized carbons (Fsp3) is 0.321. The Bertz CT molecular complexity index is 1140. The standard InChI is InChI=1S/C28H31N5O2/c1-35-25-12-10-23(11-13-25)27-19-26(22-7-3-2-4-8-22)30-33(27)28(34)21-32-17-15-31(16-18-32)20-24-9-5-6-14-29-24/h2-14,27H,15-21H2,1H3. The molecule has 2 aromatic carbocycles. The summed E-state index contributed by atoms with van der Waals surface area (Å²) in [5, 5.41) is 6.52. The highest BCUT2D eigenvalue weighted by molar-refractivity contribution is 6.03. The molecule has 1 aromatic heterocycles. The Kier molecular flexibility index (Phi) is 7.16. The molecule has 1 saturated heterocycles. The number of hydrogen-bond acceptors (Lipinski definition) is 6. The number of ether oxygens (including phenoxy) is 1. The maximum atomic E-state index is 13.5. The Morgan fingerprint density at radius 1 is 0.914 bits per heavy atom. The van der Waals surface area contributed by atoms with Crippen LogP contribution in [0.3, 0.4) is 0 Å². The number of rotatable bonds is 7. The summed E-state index contributed by atoms with van der Waals surface area (Å²) in [5.41, 5.74) is 4.15. The zero-order chi connectivity index (χ0) is 24.0. The predicted molar refractivity (Wildman–Crippen MR) is 136 cm³/mol. The number of hydrogen-bond donors (Lipinski definition) is 0. The maximum Gasteiger partial charge on any atom is 0.257 e. The van der Waals surface area contributed by atoms with Gasteiger partial charge in [0.05, 0.1) is 31.1 Å². The SMILES string of the molecule is COc1ccc(C2CC(c3ccccc3)=NN2C(=O)CN2CCN(Cc3ccccn3)CC2)cc1. The third-order valence-electron chi connectivity index (χ3n) is 6.71. The van der Waals surface area contributed by atoms with Crippen molar-refractivity contribution in [3.05, 3.63) is 95.8 Å². The van der Waals surface area contributed by atoms with Gasteiger partial charge >= 0.3 is 0 Å². The van der Waals surface area contributed by atoms with Crippen LogP contribution in [-0.2, 0) is 11.3 Å². The number of amides is 1. The molecule has 0 spiro atoms. The van der Waals surface area contributed by atoms with Crippen LogP contribution in [0.15, 0.2) is 84.1 Å². The minimum Gasteiger partial charge on any atom is -0.497 e. The van der Waals surface area contributed by atoms with Gasteiger partial charge in [-0.05, 0) is 35.4 Å². The zero-order valence-electron chi connectivity index (χ0n) is 20.1. The summed E-state index contributed by atoms with van der Waals surface area (Å²) in [6.45, 7) is 4.77. The molecule has 2 aliphatic heterocycles. The van der Waals surface area contributed by atoms with Gasteiger partial charge in [-0.2, -0.15) is 5.10 Å². The third kappa shape index (κ3) is 5.58. The van der Waals surface area contributed by atoms with Crippen LogP contribution >= 0.6 is 0 Å². The summed E-state index contributed by atoms with van der Waals surface area (Å²) >= 11 is 0. The van der Waals surface area contributed by atoms with Gasteiger partial charge in [0.2, 0.25) is 0 Å². The van der Waals surface area contributed by atoms with Crippen molar-refractivity contribution in [1.29, 1.82) is 0 Å². The highest BCUT2D eigenvalue weighted by Gasteiger charge is 2.34. The molecule has 0 bridgehead atoms. The lowest BCUT2D eigenvalue weighted by atomic mass is 9.98. The molecule has 1 unspecified atom stereocenters. The van der Waals surface area contributed by atoms with E-state index in [0.29, 0.717) is 13.0 Å². The van der Waals surface area contributed by atoms with Crippen LogP contribution < -0.4 is 4.74 Å². The van der Waals surface area contributed by atoms with Crippen molar-refractivity contribution in [2.24, 2.45) is 5.10 Å². The second kappa shape index (κ2) is 10.8. The number of carbonyl (C=O) groups excluding carboxylic acids is 1. The minimum atomic E-state index is -0.117. The molecule has 35 heavy (non-hydrogen) atoms. The molecular formula is C28H31N5O2. The van der Waals surface area contributed by atoms with E-state index in [-0.39, 0.29) is 11.9 Å². The van der Waals surface area contributed by atoms with Gasteiger partial charge in [-0.1, -0.05) is 48.5 Å². The molecule has 1 fully saturated rings. The molecule has 5 rings (SSSR count). The van der Waals surface area contributed by atoms with Gasteiger partial charge in [0.25, 0.3) is 5.91 Å². The van der Waals surface area contributed by atoms with E-state index in [0.717, 1.165) is 61.0 Å². The summed E-state index contributed by atoms with van der Waals surface area (Å²) < 4.78 is 5.32. The third-order valence-corrected chi connectivity index (χ3v) is 6.71. The highest BCUT2D eigenvalue weighted by Crippen LogP contribution is 2.33. The molecule has 2 aliphatic rings. The predicted octanol–water partition coefficient (Wildman–Crippen LogP) is 3.59. The summed E-state index contributed by atoms with van der Waals surface area (Å²) in [6, 6.07) is 24.0. The highest BCUT2D eigenvalue weighted by atomic mass is 16.5. The average Bonchev–Trinajstić information content (AvgIpc) is 3.37. The molecule has 1 atom stereocenters. The van der Waals surface area contributed by atoms with E-state index in [4.69, 9.17) is 9.84 Å². The summed E-state index contributed by atoms with van der Waals surface area (Å²) in [7, 11) is 1.66. The van der Waals surface area contributed by atoms with Gasteiger partial charge in [-0.3, -0.25) is 19.6 Å². The Hall–Kier alpha value is -3.55. The van der Waals surface area contributed by atoms with E-state index in [2.05, 4.69) is 33.0 Å². The fourth-order valence-corrected chi connectivity index (χ4v) is 4.72. The van der Waals surface area contributed by atoms with Gasteiger partial charge in [-0.15, -0.1) is 0 Å². The number of methoxy groups -OCH3 is 1. The Balaban J connectivity index is 1.26. The smallest absolute Gasteiger partial charge is 0.257 e. The van der Waals surface area contributed by atoms with Gasteiger partial charge in [0.15, 0.2) is 0 Å². The first-order chi connectivity index (χ1) is 17.2. The average molecular weight is 470 g/mol. The monoisotopic (exact) mass is 469 g/mol. The van der Waals surface area contributed by atoms with Crippen molar-refractivity contribution in [3.63, 3.8) is 0 Å². The van der Waals surface area contributed by atoms with Crippen LogP contribution in [0.25, 0.3) is 0 Å². The number of pyridine rings is 1. The number of aromatic nitrogens is 1. The molecule has 7 nitrogen and oxygen atoms in total. The minimum absolute atomic E-state index is 0.0370. The van der Waals surface area contributed by atoms with Crippen molar-refractivity contribution in [1.82, 2.24) is 19.8 Å². The number of carbonyl (C=O) groups is 1. The Morgan fingerprint density at radius 3 is 2.31 bits per heavy atom. The van der Waals surface area contributed by atoms with E-state index in [1.54, 1.807) is 12.1 Å². The number of piperazine rings is 1. The molecule has 0 radical (unpaired) electrons. The van der Waals surface area contributed by atoms with E-state index < -0.39 is 0 Å². The van der Waals surface area contributed by atoms with Crippen LogP contribution in [-0.4, -0.2) is 71.2 Å². The lowest BCUT2D eigenvalue weighted by Gasteiger charge is -2.35. The van der Waals surface area contributed by atoms with Crippen molar-refractivity contribution in [2.45, 2.75) is 19.0 Å². The molecule has 1 amide bonds. The van der Waals surface area contributed by atoms with Crippen molar-refractivity contribution in [2.75, 3.05) is 39.8 Å². The van der Waals surface area contributed by atoms with Crippen LogP contribution in [0.5, 0.6) is 5.75 Å². The number of benzene rings is 2. The summed E-state index contributed by atoms with van der Waals surface area (Å²) in [4.78, 5) is 22.6. The van der Waals surface area contributed by atoms with Crippen LogP contribution in [0.1, 0.15) is 29.3 Å². The van der Waals surface area contributed by atoms with Crippen LogP contribution in [0.2, 0.25) is 0 Å². The topological polar surface area (TPSA) is 61.3 Å². The van der Waals surface area contributed by atoms with E-state index in [9.17, 15) is 4.79 Å². The quantitative estimate of drug-likeness (QED) is 0.529. The first kappa shape index (κ1) is 23.2. The fourth-order valence-electron chi connectivity index (χ4n) is 4.72. The lowest BCUT2D eigenvalue weighted by Crippen LogP contribution is -2.49. The molecule has 7 heteroatoms. The first-order valence-electron chi connectivity index (χ1n) is 12.1. The Labute approximate surface area is 206 Å². The second-order valence-corrected chi connectivity index (χ2v) is 9.02. The van der Waals surface area contributed by atoms with Crippen molar-refractivity contribution in [3.8, 4) is 5.75 Å². The zero-order valence-corrected chi connectivity index (χ0v) is 20.1. The molecule has 0 saturated carbocycles. The maximum absolute atomic E-state index is 13.5. The van der Waals surface area contributed by atoms with E-state index >= 15 is 0 Å². The molecule has 0 aliphatic carbocycles. The lowest BCUT2D eigenvalue weighted by molar-refractivity contribution is -0.134. The van der Waals surface area contributed by atoms with Gasteiger partial charge < -0.3 is 4.74 Å². The normalized spacial score (nSPS) is 18.9. The first-order valence-corrected chi connectivity index (χ1v) is 12.1. The molecular weight excluding hydrogens is 438 g/mol. The molecule has 3 aromatic rings. The van der Waals surface area contributed by atoms with Gasteiger partial charge in [-0.25, -0.2) is 5.01 Å². The summed E-state index contributed by atoms with van der Waals surface area (Å²) in [6.07, 6.45) is 2.53. The second-order valence-electron chi connectivity index (χ2n) is 9.02. The van der Waals surface area contributed by atoms with E-state index in [1.165, 1.54) is 0 Å². The molecule has 3 heterocycles. The van der Waals surface area contributed by atoms with Crippen LogP contribution in [0.4, 0.5) is 0 Å². The number of nitrogens with zero attached hydrogens (tertiary/aromatic N) is 5. The van der Waals surface area contributed by atoms with Crippen LogP contribution in [0, 0.1) is 0 Å². The Morgan fingerprint density at radius 2 is 1.63 bits per heavy atom. The van der Waals surface area contributed by atoms with Crippen molar-refractivity contribution < 1.29 is 9.53 Å². The van der Waals surface area contributed by atoms with Crippen molar-refractivity contribution >= 4 is 11.6 Å². The summed E-state index contributed by atoms with van der Waals surface area (Å²) in [5.74, 6) is 0.840. The van der Waals surface area contributed by atoms with E-state index in [1.807, 2.05) is 60.8 Å². The molecule has 0 N–H and O–H groups in total. The van der Waals surface area contributed by atoms with Gasteiger partial charge in [0.1, 0.15) is 5.75 Å². The largest absolute Gasteiger partial charge is 0.497 e. The number of hydrazone groups is 1. The molecule has 180 valence electrons.